The van der Waals surface area contributed by atoms with E-state index in [2.05, 4.69) is 37.2 Å². The molecule has 4 rings (SSSR count). The first kappa shape index (κ1) is 24.0. The molecule has 0 aliphatic carbocycles. The Morgan fingerprint density at radius 1 is 0.758 bits per heavy atom. The summed E-state index contributed by atoms with van der Waals surface area (Å²) in [6.07, 6.45) is 0. The fourth-order valence-corrected chi connectivity index (χ4v) is 5.08. The van der Waals surface area contributed by atoms with Crippen molar-refractivity contribution >= 4 is 60.7 Å². The molecule has 0 amide bonds. The Balaban J connectivity index is 1.36. The van der Waals surface area contributed by atoms with E-state index >= 15 is 0 Å². The smallest absolute Gasteiger partial charge is 0.148 e. The molecule has 0 spiro atoms. The van der Waals surface area contributed by atoms with E-state index in [0.717, 1.165) is 37.3 Å². The molecule has 4 aromatic rings. The van der Waals surface area contributed by atoms with Crippen LogP contribution in [0.2, 0.25) is 10.0 Å². The molecule has 168 valence electrons. The zero-order valence-corrected chi connectivity index (χ0v) is 22.0. The lowest BCUT2D eigenvalue weighted by Gasteiger charge is -2.14. The molecular weight excluding hydrogens is 589 g/mol. The van der Waals surface area contributed by atoms with Crippen LogP contribution in [0.3, 0.4) is 0 Å². The van der Waals surface area contributed by atoms with Gasteiger partial charge in [-0.25, -0.2) is 0 Å². The highest BCUT2D eigenvalue weighted by molar-refractivity contribution is 9.11. The first-order chi connectivity index (χ1) is 16.0. The van der Waals surface area contributed by atoms with E-state index in [4.69, 9.17) is 32.7 Å². The first-order valence-electron chi connectivity index (χ1n) is 10.1. The average Bonchev–Trinajstić information content (AvgIpc) is 2.80. The molecule has 0 saturated heterocycles. The molecule has 0 aliphatic heterocycles. The van der Waals surface area contributed by atoms with Crippen molar-refractivity contribution in [2.45, 2.75) is 13.2 Å². The minimum absolute atomic E-state index is 0.336. The maximum atomic E-state index is 6.25. The predicted molar refractivity (Wildman–Crippen MR) is 143 cm³/mol. The highest BCUT2D eigenvalue weighted by Crippen LogP contribution is 2.36. The maximum Gasteiger partial charge on any atom is 0.148 e. The van der Waals surface area contributed by atoms with Gasteiger partial charge in [0.1, 0.15) is 23.9 Å². The summed E-state index contributed by atoms with van der Waals surface area (Å²) < 4.78 is 13.5. The van der Waals surface area contributed by atoms with Gasteiger partial charge in [0.2, 0.25) is 0 Å². The Morgan fingerprint density at radius 2 is 1.42 bits per heavy atom. The van der Waals surface area contributed by atoms with Crippen molar-refractivity contribution in [2.75, 3.05) is 5.32 Å². The molecular formula is C26H19Br2Cl2NO2. The quantitative estimate of drug-likeness (QED) is 0.216. The topological polar surface area (TPSA) is 30.5 Å². The van der Waals surface area contributed by atoms with Crippen LogP contribution in [0.25, 0.3) is 0 Å². The van der Waals surface area contributed by atoms with Crippen molar-refractivity contribution in [1.82, 2.24) is 0 Å². The lowest BCUT2D eigenvalue weighted by atomic mass is 10.2. The molecule has 0 aliphatic rings. The number of halogens is 4. The van der Waals surface area contributed by atoms with Crippen LogP contribution < -0.4 is 14.8 Å². The Bertz CT molecular complexity index is 1210. The zero-order valence-electron chi connectivity index (χ0n) is 17.3. The van der Waals surface area contributed by atoms with Gasteiger partial charge in [-0.1, -0.05) is 47.5 Å². The van der Waals surface area contributed by atoms with Crippen LogP contribution >= 0.6 is 55.1 Å². The minimum atomic E-state index is 0.336. The van der Waals surface area contributed by atoms with Crippen LogP contribution in [0.1, 0.15) is 11.1 Å². The van der Waals surface area contributed by atoms with Gasteiger partial charge in [-0.2, -0.15) is 0 Å². The van der Waals surface area contributed by atoms with E-state index in [1.165, 1.54) is 0 Å². The van der Waals surface area contributed by atoms with Crippen molar-refractivity contribution in [2.24, 2.45) is 0 Å². The molecule has 7 heteroatoms. The molecule has 0 aromatic heterocycles. The third-order valence-electron chi connectivity index (χ3n) is 4.78. The van der Waals surface area contributed by atoms with E-state index in [1.54, 1.807) is 12.1 Å². The molecule has 33 heavy (non-hydrogen) atoms. The van der Waals surface area contributed by atoms with Gasteiger partial charge in [0.05, 0.1) is 8.95 Å². The van der Waals surface area contributed by atoms with Gasteiger partial charge in [0.15, 0.2) is 0 Å². The van der Waals surface area contributed by atoms with E-state index in [-0.39, 0.29) is 0 Å². The fraction of sp³-hybridized carbons (Fsp3) is 0.0769. The Labute approximate surface area is 219 Å². The van der Waals surface area contributed by atoms with Crippen molar-refractivity contribution < 1.29 is 9.47 Å². The summed E-state index contributed by atoms with van der Waals surface area (Å²) in [6.45, 7) is 0.988. The standard InChI is InChI=1S/C26H19Br2Cl2NO2/c27-23-12-17(13-24(28)26(23)32-16-18-6-7-19(29)14-25(18)30)15-31-20-8-10-22(11-9-20)33-21-4-2-1-3-5-21/h1-14,31H,15-16H2. The number of ether oxygens (including phenoxy) is 2. The van der Waals surface area contributed by atoms with Crippen LogP contribution in [0.4, 0.5) is 5.69 Å². The monoisotopic (exact) mass is 605 g/mol. The van der Waals surface area contributed by atoms with Crippen molar-refractivity contribution in [3.8, 4) is 17.2 Å². The van der Waals surface area contributed by atoms with Crippen molar-refractivity contribution in [1.29, 1.82) is 0 Å². The summed E-state index contributed by atoms with van der Waals surface area (Å²) in [6, 6.07) is 27.0. The van der Waals surface area contributed by atoms with Gasteiger partial charge in [0, 0.05) is 27.8 Å². The number of rotatable bonds is 8. The van der Waals surface area contributed by atoms with Crippen molar-refractivity contribution in [3.63, 3.8) is 0 Å². The Morgan fingerprint density at radius 3 is 2.09 bits per heavy atom. The highest BCUT2D eigenvalue weighted by Gasteiger charge is 2.11. The van der Waals surface area contributed by atoms with Crippen LogP contribution in [0, 0.1) is 0 Å². The minimum Gasteiger partial charge on any atom is -0.486 e. The second-order valence-electron chi connectivity index (χ2n) is 7.21. The molecule has 0 atom stereocenters. The van der Waals surface area contributed by atoms with Gasteiger partial charge in [-0.05, 0) is 98.1 Å². The fourth-order valence-electron chi connectivity index (χ4n) is 3.11. The number of para-hydroxylation sites is 1. The molecule has 0 fully saturated rings. The van der Waals surface area contributed by atoms with E-state index in [9.17, 15) is 0 Å². The lowest BCUT2D eigenvalue weighted by molar-refractivity contribution is 0.302. The van der Waals surface area contributed by atoms with Gasteiger partial charge in [0.25, 0.3) is 0 Å². The third-order valence-corrected chi connectivity index (χ3v) is 6.54. The summed E-state index contributed by atoms with van der Waals surface area (Å²) >= 11 is 19.4. The molecule has 3 nitrogen and oxygen atoms in total. The number of hydrogen-bond donors (Lipinski definition) is 1. The molecule has 0 bridgehead atoms. The molecule has 0 radical (unpaired) electrons. The average molecular weight is 608 g/mol. The maximum absolute atomic E-state index is 6.25. The van der Waals surface area contributed by atoms with Gasteiger partial charge in [-0.3, -0.25) is 0 Å². The molecule has 0 heterocycles. The van der Waals surface area contributed by atoms with Crippen molar-refractivity contribution in [3.05, 3.63) is 115 Å². The van der Waals surface area contributed by atoms with Gasteiger partial charge < -0.3 is 14.8 Å². The predicted octanol–water partition coefficient (Wildman–Crippen LogP) is 9.50. The highest BCUT2D eigenvalue weighted by atomic mass is 79.9. The summed E-state index contributed by atoms with van der Waals surface area (Å²) in [7, 11) is 0. The number of benzene rings is 4. The molecule has 0 unspecified atom stereocenters. The Hall–Kier alpha value is -2.18. The second-order valence-corrected chi connectivity index (χ2v) is 9.76. The van der Waals surface area contributed by atoms with Gasteiger partial charge in [-0.15, -0.1) is 0 Å². The Kier molecular flexibility index (Phi) is 8.20. The van der Waals surface area contributed by atoms with Crippen LogP contribution in [-0.2, 0) is 13.2 Å². The number of hydrogen-bond acceptors (Lipinski definition) is 3. The van der Waals surface area contributed by atoms with Gasteiger partial charge >= 0.3 is 0 Å². The lowest BCUT2D eigenvalue weighted by Crippen LogP contribution is -2.02. The second kappa shape index (κ2) is 11.3. The van der Waals surface area contributed by atoms with E-state index in [0.29, 0.717) is 28.9 Å². The van der Waals surface area contributed by atoms with E-state index in [1.807, 2.05) is 72.8 Å². The third kappa shape index (κ3) is 6.67. The summed E-state index contributed by atoms with van der Waals surface area (Å²) in [5.74, 6) is 2.32. The van der Waals surface area contributed by atoms with Crippen LogP contribution in [0.5, 0.6) is 17.2 Å². The summed E-state index contributed by atoms with van der Waals surface area (Å²) in [5, 5.41) is 4.61. The molecule has 1 N–H and O–H groups in total. The van der Waals surface area contributed by atoms with E-state index < -0.39 is 0 Å². The van der Waals surface area contributed by atoms with Crippen LogP contribution in [0.15, 0.2) is 93.9 Å². The molecule has 0 saturated carbocycles. The summed E-state index contributed by atoms with van der Waals surface area (Å²) in [5.41, 5.74) is 2.96. The van der Waals surface area contributed by atoms with Crippen LogP contribution in [-0.4, -0.2) is 0 Å². The SMILES string of the molecule is Clc1ccc(COc2c(Br)cc(CNc3ccc(Oc4ccccc4)cc3)cc2Br)c(Cl)c1. The number of anilines is 1. The normalized spacial score (nSPS) is 10.7. The number of nitrogens with one attached hydrogen (secondary N) is 1. The zero-order chi connectivity index (χ0) is 23.2. The largest absolute Gasteiger partial charge is 0.486 e. The summed E-state index contributed by atoms with van der Waals surface area (Å²) in [4.78, 5) is 0. The first-order valence-corrected chi connectivity index (χ1v) is 12.4. The molecule has 4 aromatic carbocycles.